The number of carbonyl (C=O) groups is 1. The van der Waals surface area contributed by atoms with E-state index in [9.17, 15) is 4.79 Å². The second-order valence-corrected chi connectivity index (χ2v) is 6.97. The lowest BCUT2D eigenvalue weighted by atomic mass is 10.1. The minimum absolute atomic E-state index is 0.209. The fourth-order valence-electron chi connectivity index (χ4n) is 2.62. The number of nitrogens with zero attached hydrogens (tertiary/aromatic N) is 2. The highest BCUT2D eigenvalue weighted by Crippen LogP contribution is 2.19. The largest absolute Gasteiger partial charge is 0.444 e. The summed E-state index contributed by atoms with van der Waals surface area (Å²) in [5.74, 6) is 0. The van der Waals surface area contributed by atoms with E-state index in [-0.39, 0.29) is 6.09 Å². The zero-order chi connectivity index (χ0) is 16.9. The van der Waals surface area contributed by atoms with Gasteiger partial charge in [-0.1, -0.05) is 12.1 Å². The van der Waals surface area contributed by atoms with Crippen LogP contribution in [0.2, 0.25) is 0 Å². The SMILES string of the molecule is CNCCc1ccc(N2CCN(C(=O)OC(C)(C)C)CC2)cc1. The van der Waals surface area contributed by atoms with Crippen molar-refractivity contribution >= 4 is 11.8 Å². The molecule has 0 bridgehead atoms. The van der Waals surface area contributed by atoms with Crippen molar-refractivity contribution < 1.29 is 9.53 Å². The lowest BCUT2D eigenvalue weighted by Crippen LogP contribution is -2.50. The molecule has 0 spiro atoms. The molecule has 1 N–H and O–H groups in total. The molecule has 1 amide bonds. The van der Waals surface area contributed by atoms with Gasteiger partial charge in [0.15, 0.2) is 0 Å². The van der Waals surface area contributed by atoms with Crippen LogP contribution in [0.4, 0.5) is 10.5 Å². The summed E-state index contributed by atoms with van der Waals surface area (Å²) >= 11 is 0. The number of anilines is 1. The fourth-order valence-corrected chi connectivity index (χ4v) is 2.62. The summed E-state index contributed by atoms with van der Waals surface area (Å²) in [6.45, 7) is 9.79. The highest BCUT2D eigenvalue weighted by molar-refractivity contribution is 5.68. The maximum Gasteiger partial charge on any atom is 0.410 e. The molecule has 0 saturated carbocycles. The molecule has 1 aromatic rings. The van der Waals surface area contributed by atoms with Crippen LogP contribution < -0.4 is 10.2 Å². The van der Waals surface area contributed by atoms with Gasteiger partial charge in [0.1, 0.15) is 5.60 Å². The van der Waals surface area contributed by atoms with Gasteiger partial charge in [-0.2, -0.15) is 0 Å². The molecule has 0 aromatic heterocycles. The molecule has 23 heavy (non-hydrogen) atoms. The molecule has 1 saturated heterocycles. The smallest absolute Gasteiger partial charge is 0.410 e. The van der Waals surface area contributed by atoms with Gasteiger partial charge in [-0.25, -0.2) is 4.79 Å². The summed E-state index contributed by atoms with van der Waals surface area (Å²) in [6.07, 6.45) is 0.836. The van der Waals surface area contributed by atoms with Crippen molar-refractivity contribution in [1.82, 2.24) is 10.2 Å². The standard InChI is InChI=1S/C18H29N3O2/c1-18(2,3)23-17(22)21-13-11-20(12-14-21)16-7-5-15(6-8-16)9-10-19-4/h5-8,19H,9-14H2,1-4H3. The van der Waals surface area contributed by atoms with Crippen LogP contribution in [0.5, 0.6) is 0 Å². The Labute approximate surface area is 139 Å². The van der Waals surface area contributed by atoms with E-state index in [0.29, 0.717) is 13.1 Å². The second kappa shape index (κ2) is 7.68. The number of likely N-dealkylation sites (N-methyl/N-ethyl adjacent to an activating group) is 1. The first-order chi connectivity index (χ1) is 10.9. The van der Waals surface area contributed by atoms with Crippen molar-refractivity contribution in [2.45, 2.75) is 32.8 Å². The van der Waals surface area contributed by atoms with Crippen molar-refractivity contribution in [3.05, 3.63) is 29.8 Å². The predicted octanol–water partition coefficient (Wildman–Crippen LogP) is 2.51. The van der Waals surface area contributed by atoms with Crippen molar-refractivity contribution in [3.8, 4) is 0 Å². The van der Waals surface area contributed by atoms with E-state index in [1.165, 1.54) is 11.3 Å². The third-order valence-electron chi connectivity index (χ3n) is 3.90. The first-order valence-corrected chi connectivity index (χ1v) is 8.35. The van der Waals surface area contributed by atoms with Crippen LogP contribution in [0.3, 0.4) is 0 Å². The Morgan fingerprint density at radius 3 is 2.26 bits per heavy atom. The topological polar surface area (TPSA) is 44.8 Å². The molecule has 2 rings (SSSR count). The summed E-state index contributed by atoms with van der Waals surface area (Å²) in [5, 5.41) is 3.17. The van der Waals surface area contributed by atoms with Gasteiger partial charge in [-0.15, -0.1) is 0 Å². The van der Waals surface area contributed by atoms with E-state index < -0.39 is 5.60 Å². The number of hydrogen-bond donors (Lipinski definition) is 1. The molecule has 0 radical (unpaired) electrons. The molecule has 1 fully saturated rings. The van der Waals surface area contributed by atoms with Gasteiger partial charge < -0.3 is 19.9 Å². The Balaban J connectivity index is 1.85. The molecule has 0 aliphatic carbocycles. The van der Waals surface area contributed by atoms with Crippen molar-refractivity contribution in [2.75, 3.05) is 44.7 Å². The van der Waals surface area contributed by atoms with E-state index in [4.69, 9.17) is 4.74 Å². The van der Waals surface area contributed by atoms with Crippen molar-refractivity contribution in [1.29, 1.82) is 0 Å². The van der Waals surface area contributed by atoms with Crippen LogP contribution >= 0.6 is 0 Å². The molecule has 5 heteroatoms. The zero-order valence-corrected chi connectivity index (χ0v) is 14.8. The molecular formula is C18H29N3O2. The Hall–Kier alpha value is -1.75. The number of carbonyl (C=O) groups excluding carboxylic acids is 1. The average Bonchev–Trinajstić information content (AvgIpc) is 2.52. The monoisotopic (exact) mass is 319 g/mol. The Morgan fingerprint density at radius 1 is 1.13 bits per heavy atom. The van der Waals surface area contributed by atoms with E-state index in [2.05, 4.69) is 34.5 Å². The Morgan fingerprint density at radius 2 is 1.74 bits per heavy atom. The number of hydrogen-bond acceptors (Lipinski definition) is 4. The lowest BCUT2D eigenvalue weighted by Gasteiger charge is -2.36. The number of benzene rings is 1. The molecule has 1 aliphatic heterocycles. The number of nitrogens with one attached hydrogen (secondary N) is 1. The van der Waals surface area contributed by atoms with Gasteiger partial charge in [0.05, 0.1) is 0 Å². The van der Waals surface area contributed by atoms with Gasteiger partial charge in [-0.05, 0) is 58.5 Å². The van der Waals surface area contributed by atoms with E-state index >= 15 is 0 Å². The number of amides is 1. The average molecular weight is 319 g/mol. The quantitative estimate of drug-likeness (QED) is 0.926. The molecule has 0 atom stereocenters. The van der Waals surface area contributed by atoms with Crippen molar-refractivity contribution in [2.24, 2.45) is 0 Å². The summed E-state index contributed by atoms with van der Waals surface area (Å²) in [5.41, 5.74) is 2.13. The molecule has 1 aromatic carbocycles. The van der Waals surface area contributed by atoms with Gasteiger partial charge in [0, 0.05) is 31.9 Å². The van der Waals surface area contributed by atoms with Crippen molar-refractivity contribution in [3.63, 3.8) is 0 Å². The van der Waals surface area contributed by atoms with E-state index in [1.807, 2.05) is 27.8 Å². The van der Waals surface area contributed by atoms with Gasteiger partial charge in [0.2, 0.25) is 0 Å². The summed E-state index contributed by atoms with van der Waals surface area (Å²) in [6, 6.07) is 8.72. The first kappa shape index (κ1) is 17.6. The van der Waals surface area contributed by atoms with Gasteiger partial charge in [0.25, 0.3) is 0 Å². The van der Waals surface area contributed by atoms with Crippen LogP contribution in [0.15, 0.2) is 24.3 Å². The highest BCUT2D eigenvalue weighted by atomic mass is 16.6. The normalized spacial score (nSPS) is 15.7. The maximum atomic E-state index is 12.1. The third kappa shape index (κ3) is 5.43. The maximum absolute atomic E-state index is 12.1. The molecule has 128 valence electrons. The van der Waals surface area contributed by atoms with Crippen LogP contribution in [0.25, 0.3) is 0 Å². The molecule has 0 unspecified atom stereocenters. The van der Waals surface area contributed by atoms with Crippen LogP contribution in [-0.4, -0.2) is 56.4 Å². The zero-order valence-electron chi connectivity index (χ0n) is 14.8. The van der Waals surface area contributed by atoms with E-state index in [1.54, 1.807) is 4.90 Å². The first-order valence-electron chi connectivity index (χ1n) is 8.35. The summed E-state index contributed by atoms with van der Waals surface area (Å²) < 4.78 is 5.43. The Kier molecular flexibility index (Phi) is 5.88. The van der Waals surface area contributed by atoms with E-state index in [0.717, 1.165) is 26.1 Å². The van der Waals surface area contributed by atoms with Crippen LogP contribution in [0.1, 0.15) is 26.3 Å². The molecular weight excluding hydrogens is 290 g/mol. The lowest BCUT2D eigenvalue weighted by molar-refractivity contribution is 0.0240. The Bertz CT molecular complexity index is 500. The van der Waals surface area contributed by atoms with Gasteiger partial charge in [-0.3, -0.25) is 0 Å². The van der Waals surface area contributed by atoms with Gasteiger partial charge >= 0.3 is 6.09 Å². The second-order valence-electron chi connectivity index (χ2n) is 6.97. The van der Waals surface area contributed by atoms with Crippen LogP contribution in [-0.2, 0) is 11.2 Å². The minimum Gasteiger partial charge on any atom is -0.444 e. The minimum atomic E-state index is -0.433. The number of ether oxygens (including phenoxy) is 1. The molecule has 5 nitrogen and oxygen atoms in total. The highest BCUT2D eigenvalue weighted by Gasteiger charge is 2.25. The summed E-state index contributed by atoms with van der Waals surface area (Å²) in [7, 11) is 1.97. The fraction of sp³-hybridized carbons (Fsp3) is 0.611. The number of piperazine rings is 1. The summed E-state index contributed by atoms with van der Waals surface area (Å²) in [4.78, 5) is 16.2. The molecule has 1 heterocycles. The number of rotatable bonds is 4. The predicted molar refractivity (Wildman–Crippen MR) is 94.1 cm³/mol. The van der Waals surface area contributed by atoms with Crippen LogP contribution in [0, 0.1) is 0 Å². The molecule has 1 aliphatic rings. The third-order valence-corrected chi connectivity index (χ3v) is 3.90.